The molecule has 0 amide bonds. The summed E-state index contributed by atoms with van der Waals surface area (Å²) in [6.45, 7) is 0.626. The number of thiazole rings is 1. The van der Waals surface area contributed by atoms with E-state index in [0.717, 1.165) is 22.1 Å². The minimum atomic E-state index is -3.18. The van der Waals surface area contributed by atoms with Crippen LogP contribution in [0.5, 0.6) is 0 Å². The zero-order chi connectivity index (χ0) is 16.3. The predicted molar refractivity (Wildman–Crippen MR) is 92.2 cm³/mol. The van der Waals surface area contributed by atoms with Crippen LogP contribution in [0.3, 0.4) is 0 Å². The van der Waals surface area contributed by atoms with Crippen molar-refractivity contribution in [3.63, 3.8) is 0 Å². The summed E-state index contributed by atoms with van der Waals surface area (Å²) in [5.41, 5.74) is 1.66. The Hall–Kier alpha value is -2.25. The fraction of sp³-hybridized carbons (Fsp3) is 0.125. The number of rotatable bonds is 5. The van der Waals surface area contributed by atoms with E-state index in [0.29, 0.717) is 11.4 Å². The summed E-state index contributed by atoms with van der Waals surface area (Å²) in [5, 5.41) is 6.16. The van der Waals surface area contributed by atoms with Crippen LogP contribution in [0.2, 0.25) is 0 Å². The van der Waals surface area contributed by atoms with Gasteiger partial charge in [-0.25, -0.2) is 18.4 Å². The minimum Gasteiger partial charge on any atom is -0.364 e. The van der Waals surface area contributed by atoms with Gasteiger partial charge in [-0.3, -0.25) is 0 Å². The molecule has 0 unspecified atom stereocenters. The molecule has 1 N–H and O–H groups in total. The molecule has 5 nitrogen and oxygen atoms in total. The van der Waals surface area contributed by atoms with Crippen LogP contribution in [0, 0.1) is 0 Å². The van der Waals surface area contributed by atoms with Crippen LogP contribution >= 0.6 is 11.3 Å². The normalized spacial score (nSPS) is 11.3. The number of anilines is 1. The first-order valence-corrected chi connectivity index (χ1v) is 9.69. The van der Waals surface area contributed by atoms with Crippen LogP contribution in [0.15, 0.2) is 58.9 Å². The van der Waals surface area contributed by atoms with Gasteiger partial charge in [0.1, 0.15) is 10.8 Å². The second-order valence-corrected chi connectivity index (χ2v) is 7.98. The first kappa shape index (κ1) is 15.6. The quantitative estimate of drug-likeness (QED) is 0.769. The highest BCUT2D eigenvalue weighted by molar-refractivity contribution is 7.90. The number of aromatic nitrogens is 2. The molecule has 3 aromatic rings. The van der Waals surface area contributed by atoms with E-state index in [9.17, 15) is 8.42 Å². The molecule has 0 atom stereocenters. The molecule has 0 aliphatic rings. The molecule has 23 heavy (non-hydrogen) atoms. The van der Waals surface area contributed by atoms with Gasteiger partial charge in [0.15, 0.2) is 9.84 Å². The lowest BCUT2D eigenvalue weighted by Gasteiger charge is -2.07. The number of nitrogens with zero attached hydrogens (tertiary/aromatic N) is 2. The molecule has 3 rings (SSSR count). The molecular formula is C16H15N3O2S2. The van der Waals surface area contributed by atoms with Gasteiger partial charge >= 0.3 is 0 Å². The molecular weight excluding hydrogens is 330 g/mol. The molecule has 2 heterocycles. The molecule has 0 saturated carbocycles. The van der Waals surface area contributed by atoms with Crippen molar-refractivity contribution in [1.82, 2.24) is 9.97 Å². The average Bonchev–Trinajstić information content (AvgIpc) is 3.06. The van der Waals surface area contributed by atoms with Gasteiger partial charge in [0.05, 0.1) is 17.1 Å². The number of hydrogen-bond acceptors (Lipinski definition) is 6. The van der Waals surface area contributed by atoms with Crippen LogP contribution in [0.25, 0.3) is 11.3 Å². The highest BCUT2D eigenvalue weighted by atomic mass is 32.2. The van der Waals surface area contributed by atoms with E-state index >= 15 is 0 Å². The van der Waals surface area contributed by atoms with E-state index in [1.807, 2.05) is 23.6 Å². The Morgan fingerprint density at radius 3 is 2.57 bits per heavy atom. The second kappa shape index (κ2) is 6.47. The number of pyridine rings is 1. The summed E-state index contributed by atoms with van der Waals surface area (Å²) in [4.78, 5) is 9.07. The van der Waals surface area contributed by atoms with Gasteiger partial charge in [0.2, 0.25) is 0 Å². The number of sulfone groups is 1. The summed E-state index contributed by atoms with van der Waals surface area (Å²) in [6, 6.07) is 12.4. The largest absolute Gasteiger partial charge is 0.364 e. The maximum atomic E-state index is 11.5. The van der Waals surface area contributed by atoms with Gasteiger partial charge < -0.3 is 5.32 Å². The summed E-state index contributed by atoms with van der Waals surface area (Å²) >= 11 is 1.59. The Bertz CT molecular complexity index is 889. The lowest BCUT2D eigenvalue weighted by Crippen LogP contribution is -2.01. The molecule has 118 valence electrons. The Labute approximate surface area is 139 Å². The van der Waals surface area contributed by atoms with Crippen LogP contribution in [-0.2, 0) is 16.4 Å². The maximum Gasteiger partial charge on any atom is 0.175 e. The molecule has 0 aliphatic carbocycles. The second-order valence-electron chi connectivity index (χ2n) is 4.98. The monoisotopic (exact) mass is 345 g/mol. The smallest absolute Gasteiger partial charge is 0.175 e. The van der Waals surface area contributed by atoms with Crippen molar-refractivity contribution in [1.29, 1.82) is 0 Å². The number of hydrogen-bond donors (Lipinski definition) is 1. The fourth-order valence-electron chi connectivity index (χ4n) is 2.07. The van der Waals surface area contributed by atoms with Crippen molar-refractivity contribution < 1.29 is 8.42 Å². The Morgan fingerprint density at radius 2 is 1.91 bits per heavy atom. The zero-order valence-electron chi connectivity index (χ0n) is 12.4. The topological polar surface area (TPSA) is 72.0 Å². The van der Waals surface area contributed by atoms with Crippen molar-refractivity contribution >= 4 is 27.0 Å². The maximum absolute atomic E-state index is 11.5. The van der Waals surface area contributed by atoms with E-state index < -0.39 is 9.84 Å². The average molecular weight is 345 g/mol. The zero-order valence-corrected chi connectivity index (χ0v) is 14.1. The summed E-state index contributed by atoms with van der Waals surface area (Å²) in [5.74, 6) is 0.755. The first-order chi connectivity index (χ1) is 11.0. The number of nitrogens with one attached hydrogen (secondary N) is 1. The van der Waals surface area contributed by atoms with E-state index in [1.165, 1.54) is 6.26 Å². The molecule has 7 heteroatoms. The van der Waals surface area contributed by atoms with Crippen molar-refractivity contribution in [3.8, 4) is 11.3 Å². The predicted octanol–water partition coefficient (Wildman–Crippen LogP) is 3.22. The Morgan fingerprint density at radius 1 is 1.13 bits per heavy atom. The molecule has 0 bridgehead atoms. The SMILES string of the molecule is CS(=O)(=O)c1ccc(-c2cccc(NCc3nccs3)n2)cc1. The van der Waals surface area contributed by atoms with E-state index in [2.05, 4.69) is 15.3 Å². The fourth-order valence-corrected chi connectivity index (χ4v) is 3.26. The first-order valence-electron chi connectivity index (χ1n) is 6.92. The van der Waals surface area contributed by atoms with E-state index in [1.54, 1.807) is 41.8 Å². The summed E-state index contributed by atoms with van der Waals surface area (Å²) < 4.78 is 23.0. The lowest BCUT2D eigenvalue weighted by atomic mass is 10.1. The lowest BCUT2D eigenvalue weighted by molar-refractivity contribution is 0.602. The molecule has 2 aromatic heterocycles. The van der Waals surface area contributed by atoms with Gasteiger partial charge in [-0.2, -0.15) is 0 Å². The van der Waals surface area contributed by atoms with Crippen LogP contribution in [0.4, 0.5) is 5.82 Å². The van der Waals surface area contributed by atoms with Gasteiger partial charge in [-0.1, -0.05) is 18.2 Å². The Balaban J connectivity index is 1.79. The standard InChI is InChI=1S/C16H15N3O2S2/c1-23(20,21)13-7-5-12(6-8-13)14-3-2-4-15(19-14)18-11-16-17-9-10-22-16/h2-10H,11H2,1H3,(H,18,19). The summed E-state index contributed by atoms with van der Waals surface area (Å²) in [6.07, 6.45) is 2.97. The molecule has 0 aliphatic heterocycles. The highest BCUT2D eigenvalue weighted by Gasteiger charge is 2.08. The molecule has 0 spiro atoms. The van der Waals surface area contributed by atoms with E-state index in [-0.39, 0.29) is 0 Å². The highest BCUT2D eigenvalue weighted by Crippen LogP contribution is 2.21. The van der Waals surface area contributed by atoms with E-state index in [4.69, 9.17) is 0 Å². The van der Waals surface area contributed by atoms with Gasteiger partial charge in [0.25, 0.3) is 0 Å². The third kappa shape index (κ3) is 3.94. The Kier molecular flexibility index (Phi) is 4.40. The van der Waals surface area contributed by atoms with Crippen molar-refractivity contribution in [2.75, 3.05) is 11.6 Å². The molecule has 1 aromatic carbocycles. The molecule has 0 fully saturated rings. The summed E-state index contributed by atoms with van der Waals surface area (Å²) in [7, 11) is -3.18. The minimum absolute atomic E-state index is 0.305. The van der Waals surface area contributed by atoms with Crippen molar-refractivity contribution in [3.05, 3.63) is 59.0 Å². The van der Waals surface area contributed by atoms with Crippen LogP contribution in [-0.4, -0.2) is 24.6 Å². The molecule has 0 radical (unpaired) electrons. The van der Waals surface area contributed by atoms with Gasteiger partial charge in [-0.15, -0.1) is 11.3 Å². The van der Waals surface area contributed by atoms with Crippen molar-refractivity contribution in [2.24, 2.45) is 0 Å². The third-order valence-electron chi connectivity index (χ3n) is 3.23. The third-order valence-corrected chi connectivity index (χ3v) is 5.14. The van der Waals surface area contributed by atoms with Crippen molar-refractivity contribution in [2.45, 2.75) is 11.4 Å². The van der Waals surface area contributed by atoms with Gasteiger partial charge in [-0.05, 0) is 24.3 Å². The molecule has 0 saturated heterocycles. The van der Waals surface area contributed by atoms with Crippen LogP contribution < -0.4 is 5.32 Å². The van der Waals surface area contributed by atoms with Gasteiger partial charge in [0, 0.05) is 23.4 Å². The number of benzene rings is 1. The van der Waals surface area contributed by atoms with Crippen LogP contribution in [0.1, 0.15) is 5.01 Å².